The third-order valence-electron chi connectivity index (χ3n) is 10.4. The molecule has 0 aromatic carbocycles. The second-order valence-electron chi connectivity index (χ2n) is 16.6. The van der Waals surface area contributed by atoms with Gasteiger partial charge in [-0.15, -0.1) is 0 Å². The van der Waals surface area contributed by atoms with Gasteiger partial charge in [0.25, 0.3) is 0 Å². The highest BCUT2D eigenvalue weighted by Crippen LogP contribution is 2.43. The highest BCUT2D eigenvalue weighted by Gasteiger charge is 2.28. The average Bonchev–Trinajstić information content (AvgIpc) is 3.28. The van der Waals surface area contributed by atoms with Crippen LogP contribution in [-0.4, -0.2) is 64.9 Å². The number of carbonyl (C=O) groups is 3. The van der Waals surface area contributed by atoms with Crippen molar-refractivity contribution in [1.29, 1.82) is 0 Å². The Morgan fingerprint density at radius 2 is 0.892 bits per heavy atom. The Morgan fingerprint density at radius 1 is 0.508 bits per heavy atom. The molecule has 12 heteroatoms. The maximum absolute atomic E-state index is 12.4. The Labute approximate surface area is 394 Å². The van der Waals surface area contributed by atoms with E-state index in [0.717, 1.165) is 64.2 Å². The number of phosphoric acid groups is 1. The zero-order valence-electron chi connectivity index (χ0n) is 40.5. The molecule has 0 aliphatic carbocycles. The molecular formula is C53H90NO10P. The van der Waals surface area contributed by atoms with Crippen molar-refractivity contribution in [2.75, 3.05) is 19.8 Å². The van der Waals surface area contributed by atoms with E-state index in [1.807, 2.05) is 12.2 Å². The molecule has 0 aliphatic heterocycles. The zero-order valence-corrected chi connectivity index (χ0v) is 41.4. The lowest BCUT2D eigenvalue weighted by atomic mass is 10.0. The number of phosphoric ester groups is 1. The van der Waals surface area contributed by atoms with Crippen LogP contribution in [0, 0.1) is 0 Å². The Bertz CT molecular complexity index is 1420. The minimum Gasteiger partial charge on any atom is -0.480 e. The van der Waals surface area contributed by atoms with Crippen LogP contribution in [0.5, 0.6) is 0 Å². The number of carboxylic acid groups (broad SMARTS) is 1. The van der Waals surface area contributed by atoms with Crippen LogP contribution < -0.4 is 5.32 Å². The highest BCUT2D eigenvalue weighted by atomic mass is 31.2. The van der Waals surface area contributed by atoms with Crippen LogP contribution in [0.4, 0.5) is 0 Å². The van der Waals surface area contributed by atoms with Crippen LogP contribution in [-0.2, 0) is 32.7 Å². The lowest BCUT2D eigenvalue weighted by Crippen LogP contribution is -2.43. The SMILES string of the molecule is CC/C=C\C/C=C\C/C=C\C/C=C\C/C=C\C/C=C\C/C=C\CCCC(=O)OCC(O)COP(=O)(O)OCC(NC(=O)CCCCCCCCCCCCCCCCCCCC)C(=O)O. The van der Waals surface area contributed by atoms with Gasteiger partial charge in [-0.2, -0.15) is 0 Å². The molecule has 0 saturated carbocycles. The van der Waals surface area contributed by atoms with E-state index >= 15 is 0 Å². The fourth-order valence-electron chi connectivity index (χ4n) is 6.60. The maximum atomic E-state index is 12.4. The van der Waals surface area contributed by atoms with Crippen LogP contribution >= 0.6 is 7.82 Å². The molecule has 0 bridgehead atoms. The van der Waals surface area contributed by atoms with E-state index < -0.39 is 57.6 Å². The Hall–Kier alpha value is -3.34. The number of unbranched alkanes of at least 4 members (excludes halogenated alkanes) is 18. The van der Waals surface area contributed by atoms with E-state index in [9.17, 15) is 34.1 Å². The molecular weight excluding hydrogens is 842 g/mol. The molecule has 65 heavy (non-hydrogen) atoms. The van der Waals surface area contributed by atoms with Crippen molar-refractivity contribution in [1.82, 2.24) is 5.32 Å². The fourth-order valence-corrected chi connectivity index (χ4v) is 7.37. The first-order valence-electron chi connectivity index (χ1n) is 25.1. The number of aliphatic hydroxyl groups is 1. The van der Waals surface area contributed by atoms with E-state index in [2.05, 4.69) is 92.1 Å². The molecule has 0 aromatic heterocycles. The molecule has 0 radical (unpaired) electrons. The third-order valence-corrected chi connectivity index (χ3v) is 11.4. The fraction of sp³-hybridized carbons (Fsp3) is 0.679. The normalized spacial score (nSPS) is 14.3. The summed E-state index contributed by atoms with van der Waals surface area (Å²) in [6.07, 6.45) is 59.0. The third kappa shape index (κ3) is 47.0. The number of allylic oxidation sites excluding steroid dienone is 14. The lowest BCUT2D eigenvalue weighted by molar-refractivity contribution is -0.147. The summed E-state index contributed by atoms with van der Waals surface area (Å²) < 4.78 is 26.9. The van der Waals surface area contributed by atoms with Crippen molar-refractivity contribution in [3.05, 3.63) is 85.1 Å². The van der Waals surface area contributed by atoms with Gasteiger partial charge in [0.2, 0.25) is 5.91 Å². The number of carboxylic acids is 1. The molecule has 0 fully saturated rings. The second kappa shape index (κ2) is 47.2. The van der Waals surface area contributed by atoms with E-state index in [4.69, 9.17) is 13.8 Å². The summed E-state index contributed by atoms with van der Waals surface area (Å²) in [5, 5.41) is 21.9. The highest BCUT2D eigenvalue weighted by molar-refractivity contribution is 7.47. The first-order valence-corrected chi connectivity index (χ1v) is 26.6. The van der Waals surface area contributed by atoms with Gasteiger partial charge in [0.1, 0.15) is 12.7 Å². The second-order valence-corrected chi connectivity index (χ2v) is 18.1. The minimum absolute atomic E-state index is 0.140. The first-order chi connectivity index (χ1) is 31.6. The Morgan fingerprint density at radius 3 is 1.31 bits per heavy atom. The van der Waals surface area contributed by atoms with Crippen LogP contribution in [0.15, 0.2) is 85.1 Å². The van der Waals surface area contributed by atoms with Gasteiger partial charge in [-0.25, -0.2) is 9.36 Å². The van der Waals surface area contributed by atoms with Crippen molar-refractivity contribution in [2.24, 2.45) is 0 Å². The zero-order chi connectivity index (χ0) is 47.7. The number of esters is 1. The Balaban J connectivity index is 3.94. The van der Waals surface area contributed by atoms with Crippen LogP contribution in [0.25, 0.3) is 0 Å². The largest absolute Gasteiger partial charge is 0.480 e. The number of ether oxygens (including phenoxy) is 1. The van der Waals surface area contributed by atoms with Crippen LogP contribution in [0.2, 0.25) is 0 Å². The van der Waals surface area contributed by atoms with Gasteiger partial charge in [-0.3, -0.25) is 18.6 Å². The summed E-state index contributed by atoms with van der Waals surface area (Å²) in [5.41, 5.74) is 0. The molecule has 0 aromatic rings. The first kappa shape index (κ1) is 61.7. The number of nitrogens with one attached hydrogen (secondary N) is 1. The number of aliphatic carboxylic acids is 1. The number of hydrogen-bond acceptors (Lipinski definition) is 8. The molecule has 0 aliphatic rings. The summed E-state index contributed by atoms with van der Waals surface area (Å²) in [6, 6.07) is -1.56. The van der Waals surface area contributed by atoms with E-state index in [0.29, 0.717) is 19.3 Å². The minimum atomic E-state index is -4.78. The number of amides is 1. The topological polar surface area (TPSA) is 169 Å². The van der Waals surface area contributed by atoms with Gasteiger partial charge >= 0.3 is 19.8 Å². The quantitative estimate of drug-likeness (QED) is 0.0199. The summed E-state index contributed by atoms with van der Waals surface area (Å²) in [6.45, 7) is 2.44. The molecule has 3 atom stereocenters. The molecule has 11 nitrogen and oxygen atoms in total. The van der Waals surface area contributed by atoms with Crippen molar-refractivity contribution in [3.63, 3.8) is 0 Å². The molecule has 1 amide bonds. The van der Waals surface area contributed by atoms with Gasteiger partial charge in [0.05, 0.1) is 13.2 Å². The van der Waals surface area contributed by atoms with Crippen molar-refractivity contribution in [2.45, 2.75) is 212 Å². The molecule has 4 N–H and O–H groups in total. The number of carbonyl (C=O) groups excluding carboxylic acids is 2. The van der Waals surface area contributed by atoms with Crippen molar-refractivity contribution < 1.29 is 47.8 Å². The molecule has 372 valence electrons. The average molecular weight is 932 g/mol. The summed E-state index contributed by atoms with van der Waals surface area (Å²) >= 11 is 0. The number of aliphatic hydroxyl groups excluding tert-OH is 1. The number of rotatable bonds is 46. The summed E-state index contributed by atoms with van der Waals surface area (Å²) in [4.78, 5) is 46.1. The van der Waals surface area contributed by atoms with Crippen LogP contribution in [0.3, 0.4) is 0 Å². The molecule has 0 saturated heterocycles. The monoisotopic (exact) mass is 932 g/mol. The molecule has 0 spiro atoms. The summed E-state index contributed by atoms with van der Waals surface area (Å²) in [5.74, 6) is -2.44. The predicted molar refractivity (Wildman–Crippen MR) is 267 cm³/mol. The molecule has 0 rings (SSSR count). The van der Waals surface area contributed by atoms with Crippen LogP contribution in [0.1, 0.15) is 200 Å². The van der Waals surface area contributed by atoms with Gasteiger partial charge in [0.15, 0.2) is 6.04 Å². The standard InChI is InChI=1S/C53H90NO10P/c1-3-5-7-9-11-13-15-17-19-21-23-24-25-26-27-29-31-33-35-37-39-41-43-45-52(57)62-46-49(55)47-63-65(60,61)64-48-50(53(58)59)54-51(56)44-42-40-38-36-34-32-30-28-22-20-18-16-14-12-10-8-6-4-2/h5,7,11,13,17,19,23-24,26-27,31,33,37,39,49-50,55H,3-4,6,8-10,12,14-16,18,20-22,25,28-30,32,34-36,38,40-48H2,1-2H3,(H,54,56)(H,58,59)(H,60,61)/b7-5-,13-11-,19-17-,24-23-,27-26-,33-31-,39-37-. The van der Waals surface area contributed by atoms with Gasteiger partial charge in [-0.05, 0) is 64.2 Å². The smallest absolute Gasteiger partial charge is 0.472 e. The maximum Gasteiger partial charge on any atom is 0.472 e. The van der Waals surface area contributed by atoms with E-state index in [-0.39, 0.29) is 12.8 Å². The summed E-state index contributed by atoms with van der Waals surface area (Å²) in [7, 11) is -4.78. The molecule has 3 unspecified atom stereocenters. The van der Waals surface area contributed by atoms with E-state index in [1.165, 1.54) is 89.9 Å². The Kier molecular flexibility index (Phi) is 44.7. The van der Waals surface area contributed by atoms with Gasteiger partial charge in [0, 0.05) is 12.8 Å². The number of hydrogen-bond donors (Lipinski definition) is 4. The van der Waals surface area contributed by atoms with Gasteiger partial charge in [-0.1, -0.05) is 208 Å². The molecule has 0 heterocycles. The predicted octanol–water partition coefficient (Wildman–Crippen LogP) is 13.8. The van der Waals surface area contributed by atoms with Crippen molar-refractivity contribution in [3.8, 4) is 0 Å². The van der Waals surface area contributed by atoms with Crippen molar-refractivity contribution >= 4 is 25.7 Å². The lowest BCUT2D eigenvalue weighted by Gasteiger charge is -2.18. The van der Waals surface area contributed by atoms with E-state index in [1.54, 1.807) is 0 Å². The van der Waals surface area contributed by atoms with Gasteiger partial charge < -0.3 is 25.2 Å².